The van der Waals surface area contributed by atoms with Crippen molar-refractivity contribution in [2.45, 2.75) is 71.0 Å². The van der Waals surface area contributed by atoms with Gasteiger partial charge in [-0.1, -0.05) is 26.2 Å². The Bertz CT molecular complexity index is 725. The minimum atomic E-state index is -1.85. The van der Waals surface area contributed by atoms with E-state index in [0.29, 0.717) is 23.2 Å². The molecule has 0 aromatic heterocycles. The van der Waals surface area contributed by atoms with Crippen molar-refractivity contribution in [3.8, 4) is 0 Å². The van der Waals surface area contributed by atoms with Crippen LogP contribution in [0.5, 0.6) is 0 Å². The molecule has 0 saturated heterocycles. The molecule has 0 aromatic carbocycles. The molecule has 6 nitrogen and oxygen atoms in total. The second-order valence-electron chi connectivity index (χ2n) is 7.72. The van der Waals surface area contributed by atoms with Crippen molar-refractivity contribution in [3.05, 3.63) is 34.8 Å². The topological polar surface area (TPSA) is 89.9 Å². The van der Waals surface area contributed by atoms with Gasteiger partial charge in [0.25, 0.3) is 0 Å². The van der Waals surface area contributed by atoms with Crippen LogP contribution in [-0.4, -0.2) is 41.8 Å². The molecule has 0 fully saturated rings. The highest BCUT2D eigenvalue weighted by molar-refractivity contribution is 6.18. The monoisotopic (exact) mass is 390 g/mol. The maximum absolute atomic E-state index is 12.7. The van der Waals surface area contributed by atoms with Gasteiger partial charge in [0, 0.05) is 31.4 Å². The highest BCUT2D eigenvalue weighted by atomic mass is 16.5. The van der Waals surface area contributed by atoms with Gasteiger partial charge in [-0.15, -0.1) is 0 Å². The number of aldehydes is 1. The van der Waals surface area contributed by atoms with Crippen molar-refractivity contribution in [1.82, 2.24) is 0 Å². The molecule has 0 aromatic rings. The molecule has 6 heteroatoms. The number of allylic oxidation sites excluding steroid dienone is 3. The van der Waals surface area contributed by atoms with E-state index >= 15 is 0 Å². The van der Waals surface area contributed by atoms with Crippen molar-refractivity contribution in [2.24, 2.45) is 5.92 Å². The number of aliphatic hydroxyl groups is 1. The molecular weight excluding hydrogens is 360 g/mol. The van der Waals surface area contributed by atoms with Crippen LogP contribution in [0.4, 0.5) is 0 Å². The summed E-state index contributed by atoms with van der Waals surface area (Å²) in [5, 5.41) is 10.9. The number of hydrogen-bond acceptors (Lipinski definition) is 6. The third kappa shape index (κ3) is 4.67. The Morgan fingerprint density at radius 3 is 2.75 bits per heavy atom. The van der Waals surface area contributed by atoms with Crippen LogP contribution in [0.25, 0.3) is 0 Å². The molecule has 0 radical (unpaired) electrons. The van der Waals surface area contributed by atoms with Gasteiger partial charge in [0.05, 0.1) is 17.9 Å². The Balaban J connectivity index is 2.22. The van der Waals surface area contributed by atoms with Gasteiger partial charge in [0.2, 0.25) is 0 Å². The van der Waals surface area contributed by atoms with Gasteiger partial charge >= 0.3 is 0 Å². The van der Waals surface area contributed by atoms with E-state index in [1.165, 1.54) is 13.2 Å². The lowest BCUT2D eigenvalue weighted by Crippen LogP contribution is -2.49. The number of carbonyl (C=O) groups excluding carboxylic acids is 3. The van der Waals surface area contributed by atoms with E-state index in [2.05, 4.69) is 6.92 Å². The summed E-state index contributed by atoms with van der Waals surface area (Å²) >= 11 is 0. The van der Waals surface area contributed by atoms with E-state index in [0.717, 1.165) is 25.7 Å². The third-order valence-electron chi connectivity index (χ3n) is 5.55. The first kappa shape index (κ1) is 22.2. The summed E-state index contributed by atoms with van der Waals surface area (Å²) < 4.78 is 10.9. The molecule has 0 amide bonds. The minimum Gasteiger partial charge on any atom is -0.469 e. The molecule has 1 aliphatic carbocycles. The largest absolute Gasteiger partial charge is 0.469 e. The second kappa shape index (κ2) is 9.43. The molecular formula is C22H30O6. The van der Waals surface area contributed by atoms with Gasteiger partial charge < -0.3 is 14.6 Å². The molecule has 0 bridgehead atoms. The van der Waals surface area contributed by atoms with Gasteiger partial charge in [-0.2, -0.15) is 0 Å². The first-order chi connectivity index (χ1) is 13.3. The Hall–Kier alpha value is -2.05. The Morgan fingerprint density at radius 2 is 2.14 bits per heavy atom. The van der Waals surface area contributed by atoms with E-state index in [-0.39, 0.29) is 30.3 Å². The van der Waals surface area contributed by atoms with Crippen LogP contribution in [-0.2, 0) is 23.9 Å². The zero-order valence-electron chi connectivity index (χ0n) is 17.1. The lowest BCUT2D eigenvalue weighted by molar-refractivity contribution is -0.139. The van der Waals surface area contributed by atoms with E-state index in [9.17, 15) is 19.5 Å². The highest BCUT2D eigenvalue weighted by Gasteiger charge is 2.49. The van der Waals surface area contributed by atoms with Crippen molar-refractivity contribution < 1.29 is 29.0 Å². The lowest BCUT2D eigenvalue weighted by atomic mass is 9.67. The smallest absolute Gasteiger partial charge is 0.198 e. The summed E-state index contributed by atoms with van der Waals surface area (Å²) in [5.74, 6) is -0.997. The van der Waals surface area contributed by atoms with E-state index in [1.807, 2.05) is 0 Å². The van der Waals surface area contributed by atoms with Crippen LogP contribution in [0.2, 0.25) is 0 Å². The summed E-state index contributed by atoms with van der Waals surface area (Å²) in [7, 11) is 1.59. The lowest BCUT2D eigenvalue weighted by Gasteiger charge is -2.39. The van der Waals surface area contributed by atoms with Crippen molar-refractivity contribution in [3.63, 3.8) is 0 Å². The molecule has 1 aliphatic heterocycles. The molecule has 0 spiro atoms. The van der Waals surface area contributed by atoms with Crippen molar-refractivity contribution in [2.75, 3.05) is 7.11 Å². The molecule has 28 heavy (non-hydrogen) atoms. The first-order valence-corrected chi connectivity index (χ1v) is 9.82. The number of ketones is 2. The Morgan fingerprint density at radius 1 is 1.43 bits per heavy atom. The fourth-order valence-electron chi connectivity index (χ4n) is 3.82. The predicted octanol–water partition coefficient (Wildman–Crippen LogP) is 3.19. The number of Topliss-reactive ketones (excluding diaryl/α,β-unsaturated/α-hetero) is 2. The highest BCUT2D eigenvalue weighted by Crippen LogP contribution is 2.43. The van der Waals surface area contributed by atoms with E-state index < -0.39 is 17.3 Å². The van der Waals surface area contributed by atoms with Crippen LogP contribution >= 0.6 is 0 Å². The number of ether oxygens (including phenoxy) is 2. The fourth-order valence-corrected chi connectivity index (χ4v) is 3.82. The average Bonchev–Trinajstić information content (AvgIpc) is 2.65. The summed E-state index contributed by atoms with van der Waals surface area (Å²) in [6, 6.07) is 0. The molecule has 154 valence electrons. The summed E-state index contributed by atoms with van der Waals surface area (Å²) in [6.07, 6.45) is 7.47. The van der Waals surface area contributed by atoms with Gasteiger partial charge in [0.15, 0.2) is 12.1 Å². The van der Waals surface area contributed by atoms with Gasteiger partial charge in [-0.25, -0.2) is 0 Å². The normalized spacial score (nSPS) is 25.5. The van der Waals surface area contributed by atoms with Crippen molar-refractivity contribution >= 4 is 17.9 Å². The Kier molecular flexibility index (Phi) is 7.49. The molecule has 1 N–H and O–H groups in total. The van der Waals surface area contributed by atoms with Gasteiger partial charge in [0.1, 0.15) is 17.1 Å². The minimum absolute atomic E-state index is 0.0237. The second-order valence-corrected chi connectivity index (χ2v) is 7.72. The predicted molar refractivity (Wildman–Crippen MR) is 104 cm³/mol. The number of hydrogen-bond donors (Lipinski definition) is 1. The van der Waals surface area contributed by atoms with Crippen LogP contribution in [0, 0.1) is 5.92 Å². The van der Waals surface area contributed by atoms with Gasteiger partial charge in [-0.3, -0.25) is 14.4 Å². The summed E-state index contributed by atoms with van der Waals surface area (Å²) in [5.41, 5.74) is -1.00. The first-order valence-electron chi connectivity index (χ1n) is 9.82. The van der Waals surface area contributed by atoms with Crippen molar-refractivity contribution in [1.29, 1.82) is 0 Å². The zero-order valence-corrected chi connectivity index (χ0v) is 17.1. The Labute approximate surface area is 166 Å². The van der Waals surface area contributed by atoms with Gasteiger partial charge in [-0.05, 0) is 31.9 Å². The molecule has 2 aliphatic rings. The quantitative estimate of drug-likeness (QED) is 0.350. The number of unbranched alkanes of at least 4 members (excludes halogenated alkanes) is 2. The average molecular weight is 390 g/mol. The maximum Gasteiger partial charge on any atom is 0.198 e. The molecule has 3 atom stereocenters. The summed E-state index contributed by atoms with van der Waals surface area (Å²) in [6.45, 7) is 5.18. The molecule has 2 rings (SSSR count). The SMILES string of the molecule is CCCCC[C@@H](CC(=O)C[C@H]1C2=COC(C)=CC2=C(C=O)C(=O)[C@]1(C)O)OC. The van der Waals surface area contributed by atoms with Crippen LogP contribution < -0.4 is 0 Å². The van der Waals surface area contributed by atoms with E-state index in [1.54, 1.807) is 20.1 Å². The van der Waals surface area contributed by atoms with Crippen LogP contribution in [0.1, 0.15) is 59.3 Å². The maximum atomic E-state index is 12.7. The van der Waals surface area contributed by atoms with Crippen LogP contribution in [0.15, 0.2) is 34.8 Å². The molecule has 0 unspecified atom stereocenters. The number of methoxy groups -OCH3 is 1. The van der Waals surface area contributed by atoms with E-state index in [4.69, 9.17) is 9.47 Å². The standard InChI is InChI=1S/C22H30O6/c1-5-6-7-8-16(27-4)10-15(24)11-20-19-13-28-14(2)9-17(19)18(12-23)21(25)22(20,3)26/h9,12-13,16,20,26H,5-8,10-11H2,1-4H3/t16-,20-,22+/m0/s1. The number of carbonyl (C=O) groups is 3. The summed E-state index contributed by atoms with van der Waals surface area (Å²) in [4.78, 5) is 36.9. The third-order valence-corrected chi connectivity index (χ3v) is 5.55. The molecule has 0 saturated carbocycles. The number of rotatable bonds is 10. The fraction of sp³-hybridized carbons (Fsp3) is 0.591. The van der Waals surface area contributed by atoms with Crippen LogP contribution in [0.3, 0.4) is 0 Å². The number of fused-ring (bicyclic) bond motifs is 1. The molecule has 1 heterocycles. The zero-order chi connectivity index (χ0) is 20.9.